The Labute approximate surface area is 141 Å². The van der Waals surface area contributed by atoms with E-state index in [0.717, 1.165) is 3.79 Å². The number of aryl methyl sites for hydroxylation is 1. The Morgan fingerprint density at radius 1 is 1.43 bits per heavy atom. The van der Waals surface area contributed by atoms with Crippen molar-refractivity contribution in [1.29, 1.82) is 0 Å². The largest absolute Gasteiger partial charge is 0.478 e. The smallest absolute Gasteiger partial charge is 0.313 e. The number of hydrogen-bond donors (Lipinski definition) is 0. The molecule has 0 aliphatic carbocycles. The highest BCUT2D eigenvalue weighted by atomic mass is 79.9. The average Bonchev–Trinajstić information content (AvgIpc) is 2.74. The van der Waals surface area contributed by atoms with E-state index >= 15 is 0 Å². The first-order valence-electron chi connectivity index (χ1n) is 5.75. The molecule has 0 atom stereocenters. The van der Waals surface area contributed by atoms with E-state index in [9.17, 15) is 14.9 Å². The van der Waals surface area contributed by atoms with E-state index in [-0.39, 0.29) is 23.8 Å². The fraction of sp³-hybridized carbons (Fsp3) is 0.154. The van der Waals surface area contributed by atoms with E-state index in [4.69, 9.17) is 4.74 Å². The second kappa shape index (κ2) is 6.67. The number of para-hydroxylation sites is 1. The van der Waals surface area contributed by atoms with Gasteiger partial charge in [-0.2, -0.15) is 0 Å². The number of ketones is 1. The van der Waals surface area contributed by atoms with Crippen LogP contribution in [-0.2, 0) is 0 Å². The van der Waals surface area contributed by atoms with Gasteiger partial charge in [-0.05, 0) is 50.9 Å². The molecule has 0 saturated heterocycles. The molecule has 0 radical (unpaired) electrons. The Bertz CT molecular complexity index is 714. The van der Waals surface area contributed by atoms with E-state index < -0.39 is 4.92 Å². The summed E-state index contributed by atoms with van der Waals surface area (Å²) in [4.78, 5) is 22.6. The van der Waals surface area contributed by atoms with E-state index in [0.29, 0.717) is 14.9 Å². The summed E-state index contributed by atoms with van der Waals surface area (Å²) in [5, 5.41) is 11.0. The van der Waals surface area contributed by atoms with Crippen LogP contribution in [0.25, 0.3) is 0 Å². The number of carbonyl (C=O) groups excluding carboxylic acids is 1. The summed E-state index contributed by atoms with van der Waals surface area (Å²) in [5.74, 6) is -0.154. The van der Waals surface area contributed by atoms with Gasteiger partial charge in [0.1, 0.15) is 0 Å². The maximum atomic E-state index is 12.1. The third-order valence-corrected chi connectivity index (χ3v) is 5.04. The van der Waals surface area contributed by atoms with E-state index in [2.05, 4.69) is 31.9 Å². The van der Waals surface area contributed by atoms with Crippen LogP contribution < -0.4 is 4.74 Å². The van der Waals surface area contributed by atoms with Crippen molar-refractivity contribution in [2.45, 2.75) is 6.92 Å². The number of benzene rings is 1. The molecule has 0 amide bonds. The minimum absolute atomic E-state index is 0.0961. The van der Waals surface area contributed by atoms with E-state index in [1.807, 2.05) is 0 Å². The lowest BCUT2D eigenvalue weighted by Crippen LogP contribution is -2.12. The van der Waals surface area contributed by atoms with Gasteiger partial charge in [-0.3, -0.25) is 14.9 Å². The average molecular weight is 435 g/mol. The fourth-order valence-electron chi connectivity index (χ4n) is 1.73. The number of nitro benzene ring substituents is 1. The number of hydrogen-bond acceptors (Lipinski definition) is 5. The molecular weight excluding hydrogens is 426 g/mol. The Kier molecular flexibility index (Phi) is 5.13. The quantitative estimate of drug-likeness (QED) is 0.386. The highest BCUT2D eigenvalue weighted by molar-refractivity contribution is 9.12. The van der Waals surface area contributed by atoms with Gasteiger partial charge in [0, 0.05) is 11.1 Å². The molecule has 1 aromatic carbocycles. The van der Waals surface area contributed by atoms with Gasteiger partial charge in [0.05, 0.1) is 12.5 Å². The van der Waals surface area contributed by atoms with Gasteiger partial charge in [-0.1, -0.05) is 12.1 Å². The molecule has 0 unspecified atom stereocenters. The first-order chi connectivity index (χ1) is 9.90. The van der Waals surface area contributed by atoms with Crippen molar-refractivity contribution < 1.29 is 14.5 Å². The lowest BCUT2D eigenvalue weighted by atomic mass is 10.2. The maximum absolute atomic E-state index is 12.1. The Morgan fingerprint density at radius 3 is 2.71 bits per heavy atom. The number of ether oxygens (including phenoxy) is 1. The van der Waals surface area contributed by atoms with E-state index in [1.165, 1.54) is 17.4 Å². The molecule has 0 bridgehead atoms. The third-order valence-electron chi connectivity index (χ3n) is 2.70. The predicted octanol–water partition coefficient (Wildman–Crippen LogP) is 4.75. The van der Waals surface area contributed by atoms with Gasteiger partial charge >= 0.3 is 5.69 Å². The molecule has 8 heteroatoms. The summed E-state index contributed by atoms with van der Waals surface area (Å²) in [7, 11) is 0. The highest BCUT2D eigenvalue weighted by Crippen LogP contribution is 2.33. The number of nitrogens with zero attached hydrogens (tertiary/aromatic N) is 1. The van der Waals surface area contributed by atoms with Crippen LogP contribution in [0.4, 0.5) is 5.69 Å². The van der Waals surface area contributed by atoms with Gasteiger partial charge in [-0.25, -0.2) is 0 Å². The normalized spacial score (nSPS) is 10.4. The second-order valence-corrected chi connectivity index (χ2v) is 7.88. The van der Waals surface area contributed by atoms with Crippen molar-refractivity contribution in [3.8, 4) is 5.75 Å². The monoisotopic (exact) mass is 433 g/mol. The number of rotatable bonds is 5. The minimum Gasteiger partial charge on any atom is -0.478 e. The summed E-state index contributed by atoms with van der Waals surface area (Å²) in [5.41, 5.74) is 0.863. The predicted molar refractivity (Wildman–Crippen MR) is 87.4 cm³/mol. The molecular formula is C13H9Br2NO4S. The standard InChI is InChI=1S/C13H9Br2NO4S/c1-7-3-2-4-10(12(7)16(18)19)20-6-9(17)8-5-11(14)21-13(8)15/h2-5H,6H2,1H3. The van der Waals surface area contributed by atoms with Gasteiger partial charge in [0.15, 0.2) is 12.4 Å². The van der Waals surface area contributed by atoms with Crippen molar-refractivity contribution in [1.82, 2.24) is 0 Å². The summed E-state index contributed by atoms with van der Waals surface area (Å²) in [6.07, 6.45) is 0. The molecule has 0 N–H and O–H groups in total. The zero-order valence-corrected chi connectivity index (χ0v) is 14.7. The fourth-order valence-corrected chi connectivity index (χ4v) is 4.59. The molecule has 2 rings (SSSR count). The van der Waals surface area contributed by atoms with Crippen molar-refractivity contribution in [2.75, 3.05) is 6.61 Å². The second-order valence-electron chi connectivity index (χ2n) is 4.13. The van der Waals surface area contributed by atoms with Crippen LogP contribution in [0.1, 0.15) is 15.9 Å². The molecule has 0 spiro atoms. The van der Waals surface area contributed by atoms with Crippen molar-refractivity contribution in [3.63, 3.8) is 0 Å². The number of nitro groups is 1. The molecule has 21 heavy (non-hydrogen) atoms. The molecule has 1 aromatic heterocycles. The van der Waals surface area contributed by atoms with Crippen LogP contribution in [0.2, 0.25) is 0 Å². The molecule has 5 nitrogen and oxygen atoms in total. The summed E-state index contributed by atoms with van der Waals surface area (Å²) in [6, 6.07) is 6.45. The van der Waals surface area contributed by atoms with Gasteiger partial charge in [0.2, 0.25) is 5.78 Å². The number of carbonyl (C=O) groups is 1. The molecule has 0 aliphatic rings. The SMILES string of the molecule is Cc1cccc(OCC(=O)c2cc(Br)sc2Br)c1[N+](=O)[O-]. The number of Topliss-reactive ketones (excluding diaryl/α,β-unsaturated/α-hetero) is 1. The van der Waals surface area contributed by atoms with Gasteiger partial charge in [0.25, 0.3) is 0 Å². The molecule has 1 heterocycles. The van der Waals surface area contributed by atoms with Crippen LogP contribution in [-0.4, -0.2) is 17.3 Å². The zero-order valence-electron chi connectivity index (χ0n) is 10.8. The summed E-state index contributed by atoms with van der Waals surface area (Å²) >= 11 is 7.97. The first kappa shape index (κ1) is 16.1. The van der Waals surface area contributed by atoms with Crippen LogP contribution >= 0.6 is 43.2 Å². The summed E-state index contributed by atoms with van der Waals surface area (Å²) in [6.45, 7) is 1.37. The van der Waals surface area contributed by atoms with Gasteiger partial charge < -0.3 is 4.74 Å². The molecule has 110 valence electrons. The number of thiophene rings is 1. The molecule has 2 aromatic rings. The summed E-state index contributed by atoms with van der Waals surface area (Å²) < 4.78 is 6.85. The van der Waals surface area contributed by atoms with Crippen molar-refractivity contribution >= 4 is 54.7 Å². The van der Waals surface area contributed by atoms with Crippen LogP contribution in [0.15, 0.2) is 31.8 Å². The van der Waals surface area contributed by atoms with Crippen molar-refractivity contribution in [3.05, 3.63) is 53.1 Å². The zero-order chi connectivity index (χ0) is 15.6. The van der Waals surface area contributed by atoms with Crippen LogP contribution in [0, 0.1) is 17.0 Å². The van der Waals surface area contributed by atoms with Crippen LogP contribution in [0.3, 0.4) is 0 Å². The first-order valence-corrected chi connectivity index (χ1v) is 8.15. The lowest BCUT2D eigenvalue weighted by Gasteiger charge is -2.07. The van der Waals surface area contributed by atoms with Gasteiger partial charge in [-0.15, -0.1) is 11.3 Å². The molecule has 0 saturated carbocycles. The Hall–Kier alpha value is -1.25. The van der Waals surface area contributed by atoms with E-state index in [1.54, 1.807) is 25.1 Å². The Balaban J connectivity index is 2.17. The maximum Gasteiger partial charge on any atom is 0.313 e. The van der Waals surface area contributed by atoms with Crippen molar-refractivity contribution in [2.24, 2.45) is 0 Å². The minimum atomic E-state index is -0.508. The number of halogens is 2. The Morgan fingerprint density at radius 2 is 2.14 bits per heavy atom. The molecule has 0 fully saturated rings. The molecule has 0 aliphatic heterocycles. The highest BCUT2D eigenvalue weighted by Gasteiger charge is 2.20. The third kappa shape index (κ3) is 3.69. The lowest BCUT2D eigenvalue weighted by molar-refractivity contribution is -0.386. The van der Waals surface area contributed by atoms with Crippen LogP contribution in [0.5, 0.6) is 5.75 Å². The topological polar surface area (TPSA) is 69.4 Å².